The number of carbonyl (C=O) groups is 1. The zero-order chi connectivity index (χ0) is 15.6. The summed E-state index contributed by atoms with van der Waals surface area (Å²) in [5.74, 6) is -0.541. The van der Waals surface area contributed by atoms with Crippen LogP contribution in [0, 0.1) is 10.1 Å². The van der Waals surface area contributed by atoms with Crippen molar-refractivity contribution in [2.24, 2.45) is 0 Å². The van der Waals surface area contributed by atoms with E-state index in [4.69, 9.17) is 23.2 Å². The molecular formula is C13H7BrCl2N2O3. The largest absolute Gasteiger partial charge is 0.321 e. The average molecular weight is 390 g/mol. The van der Waals surface area contributed by atoms with Crippen LogP contribution in [-0.2, 0) is 0 Å². The van der Waals surface area contributed by atoms with E-state index in [2.05, 4.69) is 21.2 Å². The SMILES string of the molecule is O=C(Nc1cc(Br)ccc1Cl)c1cc(Cl)cc([N+](=O)[O-])c1. The van der Waals surface area contributed by atoms with E-state index >= 15 is 0 Å². The fourth-order valence-corrected chi connectivity index (χ4v) is 2.35. The van der Waals surface area contributed by atoms with Crippen molar-refractivity contribution in [1.82, 2.24) is 0 Å². The van der Waals surface area contributed by atoms with E-state index < -0.39 is 10.8 Å². The first-order chi connectivity index (χ1) is 9.86. The minimum Gasteiger partial charge on any atom is -0.321 e. The molecule has 108 valence electrons. The second-order valence-corrected chi connectivity index (χ2v) is 5.79. The Morgan fingerprint density at radius 2 is 1.90 bits per heavy atom. The van der Waals surface area contributed by atoms with Crippen molar-refractivity contribution in [2.75, 3.05) is 5.32 Å². The summed E-state index contributed by atoms with van der Waals surface area (Å²) in [5, 5.41) is 13.8. The van der Waals surface area contributed by atoms with Crippen LogP contribution in [0.3, 0.4) is 0 Å². The number of hydrogen-bond acceptors (Lipinski definition) is 3. The molecule has 0 aliphatic carbocycles. The highest BCUT2D eigenvalue weighted by molar-refractivity contribution is 9.10. The van der Waals surface area contributed by atoms with Gasteiger partial charge in [-0.25, -0.2) is 0 Å². The van der Waals surface area contributed by atoms with Crippen LogP contribution in [0.4, 0.5) is 11.4 Å². The number of nitro benzene ring substituents is 1. The molecule has 2 aromatic rings. The lowest BCUT2D eigenvalue weighted by atomic mass is 10.2. The molecule has 0 atom stereocenters. The van der Waals surface area contributed by atoms with E-state index in [1.807, 2.05) is 0 Å². The van der Waals surface area contributed by atoms with Crippen LogP contribution in [0.25, 0.3) is 0 Å². The fourth-order valence-electron chi connectivity index (χ4n) is 1.60. The van der Waals surface area contributed by atoms with Crippen LogP contribution in [0.15, 0.2) is 40.9 Å². The molecule has 0 bridgehead atoms. The summed E-state index contributed by atoms with van der Waals surface area (Å²) < 4.78 is 0.735. The summed E-state index contributed by atoms with van der Waals surface area (Å²) in [6, 6.07) is 8.62. The maximum Gasteiger partial charge on any atom is 0.271 e. The Balaban J connectivity index is 2.32. The minimum absolute atomic E-state index is 0.0743. The number of benzene rings is 2. The van der Waals surface area contributed by atoms with E-state index in [9.17, 15) is 14.9 Å². The van der Waals surface area contributed by atoms with Crippen LogP contribution < -0.4 is 5.32 Å². The molecular weight excluding hydrogens is 383 g/mol. The van der Waals surface area contributed by atoms with Gasteiger partial charge < -0.3 is 5.32 Å². The summed E-state index contributed by atoms with van der Waals surface area (Å²) in [7, 11) is 0. The van der Waals surface area contributed by atoms with Gasteiger partial charge in [0, 0.05) is 27.2 Å². The van der Waals surface area contributed by atoms with E-state index in [1.54, 1.807) is 18.2 Å². The van der Waals surface area contributed by atoms with Gasteiger partial charge in [0.25, 0.3) is 11.6 Å². The second-order valence-electron chi connectivity index (χ2n) is 4.03. The van der Waals surface area contributed by atoms with Crippen LogP contribution >= 0.6 is 39.1 Å². The van der Waals surface area contributed by atoms with Crippen LogP contribution in [-0.4, -0.2) is 10.8 Å². The van der Waals surface area contributed by atoms with E-state index in [0.717, 1.165) is 10.5 Å². The van der Waals surface area contributed by atoms with Crippen LogP contribution in [0.2, 0.25) is 10.0 Å². The first-order valence-electron chi connectivity index (χ1n) is 5.58. The minimum atomic E-state index is -0.616. The molecule has 5 nitrogen and oxygen atoms in total. The monoisotopic (exact) mass is 388 g/mol. The first kappa shape index (κ1) is 15.8. The highest BCUT2D eigenvalue weighted by Gasteiger charge is 2.15. The number of rotatable bonds is 3. The maximum absolute atomic E-state index is 12.1. The van der Waals surface area contributed by atoms with E-state index in [1.165, 1.54) is 12.1 Å². The van der Waals surface area contributed by atoms with Crippen LogP contribution in [0.5, 0.6) is 0 Å². The summed E-state index contributed by atoms with van der Waals surface area (Å²) >= 11 is 15.0. The van der Waals surface area contributed by atoms with Gasteiger partial charge in [0.1, 0.15) is 0 Å². The molecule has 0 saturated heterocycles. The number of nitro groups is 1. The van der Waals surface area contributed by atoms with Crippen molar-refractivity contribution in [2.45, 2.75) is 0 Å². The van der Waals surface area contributed by atoms with Gasteiger partial charge in [-0.1, -0.05) is 39.1 Å². The van der Waals surface area contributed by atoms with Gasteiger partial charge in [-0.15, -0.1) is 0 Å². The van der Waals surface area contributed by atoms with Crippen molar-refractivity contribution >= 4 is 56.4 Å². The third-order valence-corrected chi connectivity index (χ3v) is 3.57. The maximum atomic E-state index is 12.1. The molecule has 0 aliphatic rings. The molecule has 0 aromatic heterocycles. The van der Waals surface area contributed by atoms with Gasteiger partial charge in [0.2, 0.25) is 0 Å². The molecule has 21 heavy (non-hydrogen) atoms. The standard InChI is InChI=1S/C13H7BrCl2N2O3/c14-8-1-2-11(16)12(5-8)17-13(19)7-3-9(15)6-10(4-7)18(20)21/h1-6H,(H,17,19). The lowest BCUT2D eigenvalue weighted by Gasteiger charge is -2.08. The Kier molecular flexibility index (Phi) is 4.82. The lowest BCUT2D eigenvalue weighted by molar-refractivity contribution is -0.384. The number of anilines is 1. The van der Waals surface area contributed by atoms with Crippen molar-refractivity contribution in [3.63, 3.8) is 0 Å². The second kappa shape index (κ2) is 6.43. The number of halogens is 3. The summed E-state index contributed by atoms with van der Waals surface area (Å²) in [5.41, 5.74) is 0.205. The Morgan fingerprint density at radius 1 is 1.19 bits per heavy atom. The predicted octanol–water partition coefficient (Wildman–Crippen LogP) is 4.92. The summed E-state index contributed by atoms with van der Waals surface area (Å²) in [6.45, 7) is 0. The van der Waals surface area contributed by atoms with E-state index in [0.29, 0.717) is 10.7 Å². The molecule has 0 spiro atoms. The highest BCUT2D eigenvalue weighted by Crippen LogP contribution is 2.27. The van der Waals surface area contributed by atoms with Crippen LogP contribution in [0.1, 0.15) is 10.4 Å². The average Bonchev–Trinajstić information content (AvgIpc) is 2.42. The zero-order valence-corrected chi connectivity index (χ0v) is 13.4. The third-order valence-electron chi connectivity index (χ3n) is 2.53. The van der Waals surface area contributed by atoms with Gasteiger partial charge in [0.15, 0.2) is 0 Å². The third kappa shape index (κ3) is 3.93. The first-order valence-corrected chi connectivity index (χ1v) is 7.13. The Labute approximate surface area is 138 Å². The molecule has 0 fully saturated rings. The number of amides is 1. The zero-order valence-electron chi connectivity index (χ0n) is 10.3. The number of hydrogen-bond donors (Lipinski definition) is 1. The Bertz CT molecular complexity index is 737. The molecule has 2 aromatic carbocycles. The fraction of sp³-hybridized carbons (Fsp3) is 0. The topological polar surface area (TPSA) is 72.2 Å². The number of nitrogens with zero attached hydrogens (tertiary/aromatic N) is 1. The van der Waals surface area contributed by atoms with Gasteiger partial charge in [-0.3, -0.25) is 14.9 Å². The molecule has 0 heterocycles. The quantitative estimate of drug-likeness (QED) is 0.598. The molecule has 0 aliphatic heterocycles. The summed E-state index contributed by atoms with van der Waals surface area (Å²) in [4.78, 5) is 22.3. The Morgan fingerprint density at radius 3 is 2.57 bits per heavy atom. The molecule has 0 unspecified atom stereocenters. The van der Waals surface area contributed by atoms with Gasteiger partial charge in [0.05, 0.1) is 15.6 Å². The Hall–Kier alpha value is -1.63. The molecule has 8 heteroatoms. The number of non-ortho nitro benzene ring substituents is 1. The van der Waals surface area contributed by atoms with Gasteiger partial charge in [-0.05, 0) is 24.3 Å². The van der Waals surface area contributed by atoms with Crippen molar-refractivity contribution in [3.05, 3.63) is 66.6 Å². The number of nitrogens with one attached hydrogen (secondary N) is 1. The molecule has 1 N–H and O–H groups in total. The normalized spacial score (nSPS) is 10.2. The van der Waals surface area contributed by atoms with Crippen molar-refractivity contribution in [3.8, 4) is 0 Å². The predicted molar refractivity (Wildman–Crippen MR) is 85.2 cm³/mol. The highest BCUT2D eigenvalue weighted by atomic mass is 79.9. The molecule has 2 rings (SSSR count). The van der Waals surface area contributed by atoms with Gasteiger partial charge >= 0.3 is 0 Å². The lowest BCUT2D eigenvalue weighted by Crippen LogP contribution is -2.12. The molecule has 1 amide bonds. The smallest absolute Gasteiger partial charge is 0.271 e. The van der Waals surface area contributed by atoms with Gasteiger partial charge in [-0.2, -0.15) is 0 Å². The summed E-state index contributed by atoms with van der Waals surface area (Å²) in [6.07, 6.45) is 0. The van der Waals surface area contributed by atoms with Crippen molar-refractivity contribution < 1.29 is 9.72 Å². The molecule has 0 radical (unpaired) electrons. The number of carbonyl (C=O) groups excluding carboxylic acids is 1. The molecule has 0 saturated carbocycles. The van der Waals surface area contributed by atoms with E-state index in [-0.39, 0.29) is 16.3 Å². The van der Waals surface area contributed by atoms with Crippen molar-refractivity contribution in [1.29, 1.82) is 0 Å².